The molecule has 6 nitrogen and oxygen atoms in total. The van der Waals surface area contributed by atoms with Crippen LogP contribution in [0.2, 0.25) is 0 Å². The van der Waals surface area contributed by atoms with Crippen LogP contribution >= 0.6 is 22.6 Å². The van der Waals surface area contributed by atoms with Crippen LogP contribution in [-0.4, -0.2) is 27.1 Å². The first kappa shape index (κ1) is 39.0. The van der Waals surface area contributed by atoms with E-state index in [1.807, 2.05) is 132 Å². The largest absolute Gasteiger partial charge is 0.488 e. The van der Waals surface area contributed by atoms with Gasteiger partial charge in [0.2, 0.25) is 0 Å². The minimum atomic E-state index is -1.34. The quantitative estimate of drug-likeness (QED) is 0.135. The Labute approximate surface area is 341 Å². The van der Waals surface area contributed by atoms with Crippen LogP contribution in [0.3, 0.4) is 0 Å². The van der Waals surface area contributed by atoms with Crippen LogP contribution in [0, 0.1) is 15.2 Å². The van der Waals surface area contributed by atoms with E-state index in [1.165, 1.54) is 12.1 Å². The Balaban J connectivity index is 0.000000143. The number of rotatable bonds is 4. The van der Waals surface area contributed by atoms with E-state index in [-0.39, 0.29) is 19.1 Å². The van der Waals surface area contributed by atoms with Crippen molar-refractivity contribution in [1.29, 1.82) is 0 Å². The third-order valence-electron chi connectivity index (χ3n) is 9.22. The molecule has 0 aliphatic rings. The van der Waals surface area contributed by atoms with Gasteiger partial charge in [0.25, 0.3) is 0 Å². The topological polar surface area (TPSA) is 92.5 Å². The van der Waals surface area contributed by atoms with Gasteiger partial charge in [0, 0.05) is 45.1 Å². The summed E-state index contributed by atoms with van der Waals surface area (Å²) in [6, 6.07) is 48.1. The molecule has 0 spiro atoms. The van der Waals surface area contributed by atoms with E-state index in [9.17, 15) is 8.78 Å². The van der Waals surface area contributed by atoms with Gasteiger partial charge in [-0.1, -0.05) is 104 Å². The summed E-state index contributed by atoms with van der Waals surface area (Å²) in [5, 5.41) is 20.9. The smallest absolute Gasteiger partial charge is 0.455 e. The number of fused-ring (bicyclic) bond motifs is 6. The van der Waals surface area contributed by atoms with Gasteiger partial charge in [-0.3, -0.25) is 9.97 Å². The first-order valence-corrected chi connectivity index (χ1v) is 18.7. The minimum Gasteiger partial charge on any atom is -0.455 e. The van der Waals surface area contributed by atoms with E-state index in [1.54, 1.807) is 48.8 Å². The number of nitrogens with zero attached hydrogens (tertiary/aromatic N) is 2. The fourth-order valence-electron chi connectivity index (χ4n) is 6.59. The lowest BCUT2D eigenvalue weighted by Gasteiger charge is -2.04. The zero-order valence-electron chi connectivity index (χ0n) is 29.5. The molecular weight excluding hydrogens is 832 g/mol. The zero-order chi connectivity index (χ0) is 38.6. The number of hydrogen-bond donors (Lipinski definition) is 2. The molecule has 10 heteroatoms. The standard InChI is InChI=1S/C23H14FNO.C17H9FINO.C6H7BO2.CH4/c24-19-13-12-17-16-9-6-10-18(20-11-4-5-14-25-20)22(16)26-23(17)21(19)15-7-2-1-3-8-15;18-13-8-7-11-10-4-3-5-12(14-6-1-2-9-20-14)16(10)21-17(11)15(13)19;8-7(9)6-4-2-1-3-5-6;/h1-14H;1-9H;1-5,8-9H;1H4. The summed E-state index contributed by atoms with van der Waals surface area (Å²) >= 11 is 1.98. The molecule has 0 saturated carbocycles. The number of benzene rings is 6. The maximum absolute atomic E-state index is 14.7. The molecule has 6 aromatic carbocycles. The molecule has 0 amide bonds. The molecule has 0 aliphatic carbocycles. The lowest BCUT2D eigenvalue weighted by molar-refractivity contribution is 0.426. The lowest BCUT2D eigenvalue weighted by Crippen LogP contribution is -2.29. The lowest BCUT2D eigenvalue weighted by atomic mass is 9.81. The SMILES string of the molecule is C.Fc1ccc2c(oc3c(-c4ccccn4)cccc32)c1-c1ccccc1.Fc1ccc2c(oc3c(-c4ccccn4)cccc32)c1I.OB(O)c1ccccc1. The maximum atomic E-state index is 14.7. The highest BCUT2D eigenvalue weighted by Crippen LogP contribution is 2.41. The molecule has 0 saturated heterocycles. The van der Waals surface area contributed by atoms with Gasteiger partial charge in [-0.2, -0.15) is 0 Å². The van der Waals surface area contributed by atoms with E-state index in [4.69, 9.17) is 18.9 Å². The normalized spacial score (nSPS) is 10.8. The molecule has 2 N–H and O–H groups in total. The maximum Gasteiger partial charge on any atom is 0.488 e. The molecule has 0 unspecified atom stereocenters. The van der Waals surface area contributed by atoms with E-state index in [0.717, 1.165) is 60.8 Å². The molecule has 0 atom stereocenters. The van der Waals surface area contributed by atoms with E-state index < -0.39 is 7.12 Å². The minimum absolute atomic E-state index is 0. The van der Waals surface area contributed by atoms with Crippen molar-refractivity contribution >= 4 is 79.0 Å². The highest BCUT2D eigenvalue weighted by molar-refractivity contribution is 14.1. The summed E-state index contributed by atoms with van der Waals surface area (Å²) in [7, 11) is -1.34. The molecule has 0 bridgehead atoms. The van der Waals surface area contributed by atoms with Crippen LogP contribution in [0.5, 0.6) is 0 Å². The number of furan rings is 2. The van der Waals surface area contributed by atoms with Gasteiger partial charge in [-0.05, 0) is 94.3 Å². The third-order valence-corrected chi connectivity index (χ3v) is 10.2. The molecule has 280 valence electrons. The Morgan fingerprint density at radius 1 is 0.474 bits per heavy atom. The van der Waals surface area contributed by atoms with Crippen LogP contribution < -0.4 is 5.46 Å². The monoisotopic (exact) mass is 866 g/mol. The predicted molar refractivity (Wildman–Crippen MR) is 235 cm³/mol. The summed E-state index contributed by atoms with van der Waals surface area (Å²) in [4.78, 5) is 8.81. The molecule has 4 heterocycles. The molecule has 57 heavy (non-hydrogen) atoms. The molecule has 4 aromatic heterocycles. The highest BCUT2D eigenvalue weighted by atomic mass is 127. The number of pyridine rings is 2. The van der Waals surface area contributed by atoms with Gasteiger partial charge < -0.3 is 18.9 Å². The molecule has 10 aromatic rings. The molecular formula is C47H34BF2IN2O4. The first-order valence-electron chi connectivity index (χ1n) is 17.6. The fraction of sp³-hybridized carbons (Fsp3) is 0.0213. The number of aromatic nitrogens is 2. The molecule has 0 aliphatic heterocycles. The van der Waals surface area contributed by atoms with Crippen LogP contribution in [0.1, 0.15) is 7.43 Å². The first-order chi connectivity index (χ1) is 27.4. The van der Waals surface area contributed by atoms with Crippen LogP contribution in [-0.2, 0) is 0 Å². The average Bonchev–Trinajstić information content (AvgIpc) is 3.83. The Hall–Kier alpha value is -6.21. The molecule has 10 rings (SSSR count). The highest BCUT2D eigenvalue weighted by Gasteiger charge is 2.19. The average molecular weight is 867 g/mol. The number of hydrogen-bond acceptors (Lipinski definition) is 6. The Kier molecular flexibility index (Phi) is 11.8. The third kappa shape index (κ3) is 7.93. The number of halogens is 3. The van der Waals surface area contributed by atoms with Crippen molar-refractivity contribution in [2.75, 3.05) is 0 Å². The summed E-state index contributed by atoms with van der Waals surface area (Å²) in [6.45, 7) is 0. The van der Waals surface area contributed by atoms with Gasteiger partial charge in [-0.15, -0.1) is 0 Å². The summed E-state index contributed by atoms with van der Waals surface area (Å²) in [6.07, 6.45) is 3.51. The summed E-state index contributed by atoms with van der Waals surface area (Å²) < 4.78 is 41.1. The van der Waals surface area contributed by atoms with Gasteiger partial charge in [0.05, 0.1) is 20.5 Å². The summed E-state index contributed by atoms with van der Waals surface area (Å²) in [5.74, 6) is -0.552. The Morgan fingerprint density at radius 3 is 1.46 bits per heavy atom. The van der Waals surface area contributed by atoms with E-state index in [2.05, 4.69) is 9.97 Å². The van der Waals surface area contributed by atoms with Crippen molar-refractivity contribution in [3.63, 3.8) is 0 Å². The van der Waals surface area contributed by atoms with Gasteiger partial charge in [-0.25, -0.2) is 8.78 Å². The van der Waals surface area contributed by atoms with Crippen molar-refractivity contribution in [2.24, 2.45) is 0 Å². The second kappa shape index (κ2) is 17.3. The van der Waals surface area contributed by atoms with Gasteiger partial charge in [0.1, 0.15) is 28.4 Å². The van der Waals surface area contributed by atoms with Gasteiger partial charge in [0.15, 0.2) is 5.58 Å². The molecule has 0 radical (unpaired) electrons. The van der Waals surface area contributed by atoms with E-state index in [0.29, 0.717) is 25.8 Å². The van der Waals surface area contributed by atoms with Crippen LogP contribution in [0.4, 0.5) is 8.78 Å². The van der Waals surface area contributed by atoms with Crippen LogP contribution in [0.15, 0.2) is 179 Å². The van der Waals surface area contributed by atoms with E-state index >= 15 is 0 Å². The Morgan fingerprint density at radius 2 is 0.947 bits per heavy atom. The van der Waals surface area contributed by atoms with Crippen LogP contribution in [0.25, 0.3) is 77.5 Å². The second-order valence-electron chi connectivity index (χ2n) is 12.7. The van der Waals surface area contributed by atoms with Gasteiger partial charge >= 0.3 is 7.12 Å². The Bertz CT molecular complexity index is 2930. The van der Waals surface area contributed by atoms with Crippen molar-refractivity contribution in [3.05, 3.63) is 185 Å². The fourth-order valence-corrected chi connectivity index (χ4v) is 7.17. The van der Waals surface area contributed by atoms with Crippen molar-refractivity contribution in [1.82, 2.24) is 9.97 Å². The van der Waals surface area contributed by atoms with Crippen molar-refractivity contribution < 1.29 is 27.7 Å². The molecule has 0 fully saturated rings. The predicted octanol–water partition coefficient (Wildman–Crippen LogP) is 11.8. The summed E-state index contributed by atoms with van der Waals surface area (Å²) in [5.41, 5.74) is 7.94. The second-order valence-corrected chi connectivity index (χ2v) is 13.8. The van der Waals surface area contributed by atoms with Crippen molar-refractivity contribution in [3.8, 4) is 33.6 Å². The number of para-hydroxylation sites is 2. The zero-order valence-corrected chi connectivity index (χ0v) is 31.6. The van der Waals surface area contributed by atoms with Crippen molar-refractivity contribution in [2.45, 2.75) is 7.43 Å².